The number of pyridine rings is 2. The molecule has 5 heterocycles. The molecule has 1 N–H and O–H groups in total. The zero-order valence-corrected chi connectivity index (χ0v) is 17.3. The predicted molar refractivity (Wildman–Crippen MR) is 113 cm³/mol. The number of aryl methyl sites for hydroxylation is 1. The summed E-state index contributed by atoms with van der Waals surface area (Å²) in [5.41, 5.74) is 4.52. The van der Waals surface area contributed by atoms with E-state index in [4.69, 9.17) is 21.1 Å². The third kappa shape index (κ3) is 2.82. The maximum absolute atomic E-state index is 14.7. The van der Waals surface area contributed by atoms with Crippen molar-refractivity contribution >= 4 is 23.1 Å². The molecule has 2 aliphatic rings. The Labute approximate surface area is 181 Å². The SMILES string of the molecule is Cc1cc(Cl)cnc1-c1cc2c(n3cnnc13)NCc1c(F)ccc3c1[C@@H](CO3)CO2. The van der Waals surface area contributed by atoms with Gasteiger partial charge in [-0.15, -0.1) is 10.2 Å². The molecule has 2 aliphatic heterocycles. The highest BCUT2D eigenvalue weighted by molar-refractivity contribution is 6.30. The van der Waals surface area contributed by atoms with Crippen LogP contribution in [0.4, 0.5) is 10.2 Å². The van der Waals surface area contributed by atoms with Gasteiger partial charge < -0.3 is 14.8 Å². The highest BCUT2D eigenvalue weighted by Crippen LogP contribution is 2.42. The van der Waals surface area contributed by atoms with E-state index in [-0.39, 0.29) is 18.3 Å². The second-order valence-corrected chi connectivity index (χ2v) is 8.16. The molecule has 0 amide bonds. The van der Waals surface area contributed by atoms with Gasteiger partial charge >= 0.3 is 0 Å². The molecule has 31 heavy (non-hydrogen) atoms. The topological polar surface area (TPSA) is 73.6 Å². The zero-order valence-electron chi connectivity index (χ0n) is 16.5. The zero-order chi connectivity index (χ0) is 21.1. The lowest BCUT2D eigenvalue weighted by atomic mass is 9.96. The molecular weight excluding hydrogens is 421 g/mol. The molecule has 0 unspecified atom stereocenters. The highest BCUT2D eigenvalue weighted by Gasteiger charge is 2.31. The first-order valence-electron chi connectivity index (χ1n) is 9.90. The van der Waals surface area contributed by atoms with E-state index >= 15 is 0 Å². The lowest BCUT2D eigenvalue weighted by Gasteiger charge is -2.17. The second-order valence-electron chi connectivity index (χ2n) is 7.72. The van der Waals surface area contributed by atoms with Gasteiger partial charge in [-0.1, -0.05) is 11.6 Å². The molecule has 3 aromatic heterocycles. The Morgan fingerprint density at radius 2 is 2.03 bits per heavy atom. The molecule has 0 saturated heterocycles. The molecule has 0 fully saturated rings. The first-order valence-corrected chi connectivity index (χ1v) is 10.3. The first-order chi connectivity index (χ1) is 15.1. The lowest BCUT2D eigenvalue weighted by Crippen LogP contribution is -2.13. The monoisotopic (exact) mass is 437 g/mol. The van der Waals surface area contributed by atoms with Crippen LogP contribution in [-0.2, 0) is 6.54 Å². The van der Waals surface area contributed by atoms with Crippen LogP contribution in [0.3, 0.4) is 0 Å². The Morgan fingerprint density at radius 1 is 1.19 bits per heavy atom. The fourth-order valence-corrected chi connectivity index (χ4v) is 4.59. The fourth-order valence-electron chi connectivity index (χ4n) is 4.38. The Hall–Kier alpha value is -3.39. The number of halogens is 2. The average Bonchev–Trinajstić information content (AvgIpc) is 3.40. The van der Waals surface area contributed by atoms with Crippen molar-refractivity contribution in [1.82, 2.24) is 19.6 Å². The Kier molecular flexibility index (Phi) is 4.04. The highest BCUT2D eigenvalue weighted by atomic mass is 35.5. The maximum atomic E-state index is 14.7. The van der Waals surface area contributed by atoms with Gasteiger partial charge in [0, 0.05) is 29.4 Å². The molecule has 0 aliphatic carbocycles. The number of benzene rings is 1. The van der Waals surface area contributed by atoms with E-state index in [2.05, 4.69) is 20.5 Å². The van der Waals surface area contributed by atoms with E-state index in [0.717, 1.165) is 22.4 Å². The second kappa shape index (κ2) is 6.81. The van der Waals surface area contributed by atoms with E-state index in [1.54, 1.807) is 18.6 Å². The minimum absolute atomic E-state index is 0.0519. The third-order valence-corrected chi connectivity index (χ3v) is 6.03. The average molecular weight is 438 g/mol. The summed E-state index contributed by atoms with van der Waals surface area (Å²) >= 11 is 6.10. The molecule has 1 aromatic carbocycles. The van der Waals surface area contributed by atoms with Crippen molar-refractivity contribution in [1.29, 1.82) is 0 Å². The molecule has 4 aromatic rings. The molecule has 1 atom stereocenters. The Balaban J connectivity index is 1.53. The summed E-state index contributed by atoms with van der Waals surface area (Å²) in [5, 5.41) is 12.3. The number of ether oxygens (including phenoxy) is 2. The molecule has 6 rings (SSSR count). The summed E-state index contributed by atoms with van der Waals surface area (Å²) in [4.78, 5) is 4.51. The first kappa shape index (κ1) is 18.4. The summed E-state index contributed by atoms with van der Waals surface area (Å²) in [6.07, 6.45) is 3.21. The Bertz CT molecular complexity index is 1360. The summed E-state index contributed by atoms with van der Waals surface area (Å²) in [7, 11) is 0. The van der Waals surface area contributed by atoms with Gasteiger partial charge in [0.05, 0.1) is 29.8 Å². The molecule has 0 spiro atoms. The van der Waals surface area contributed by atoms with Gasteiger partial charge in [0.25, 0.3) is 0 Å². The number of fused-ring (bicyclic) bond motifs is 3. The molecule has 9 heteroatoms. The summed E-state index contributed by atoms with van der Waals surface area (Å²) in [5.74, 6) is 1.67. The summed E-state index contributed by atoms with van der Waals surface area (Å²) < 4.78 is 28.5. The standard InChI is InChI=1S/C22H17ClFN5O2/c1-11-4-13(23)6-25-20(11)14-5-18-22(29-10-27-28-21(14)29)26-7-15-16(24)2-3-17-19(15)12(8-30-17)9-31-18/h2-6,10,12,26H,7-9H2,1H3/t12-/m0/s1. The van der Waals surface area contributed by atoms with Crippen LogP contribution in [0.5, 0.6) is 11.5 Å². The number of nitrogens with zero attached hydrogens (tertiary/aromatic N) is 4. The summed E-state index contributed by atoms with van der Waals surface area (Å²) in [6.45, 7) is 3.05. The van der Waals surface area contributed by atoms with Gasteiger partial charge in [0.1, 0.15) is 17.9 Å². The number of rotatable bonds is 1. The van der Waals surface area contributed by atoms with Gasteiger partial charge in [-0.05, 0) is 36.8 Å². The smallest absolute Gasteiger partial charge is 0.171 e. The maximum Gasteiger partial charge on any atom is 0.171 e. The van der Waals surface area contributed by atoms with Crippen molar-refractivity contribution in [3.8, 4) is 22.8 Å². The molecule has 0 radical (unpaired) electrons. The van der Waals surface area contributed by atoms with Gasteiger partial charge in [-0.2, -0.15) is 0 Å². The van der Waals surface area contributed by atoms with Crippen LogP contribution in [0.25, 0.3) is 16.9 Å². The van der Waals surface area contributed by atoms with Gasteiger partial charge in [0.2, 0.25) is 0 Å². The number of nitrogens with one attached hydrogen (secondary N) is 1. The number of anilines is 1. The Morgan fingerprint density at radius 3 is 2.87 bits per heavy atom. The van der Waals surface area contributed by atoms with Crippen LogP contribution < -0.4 is 14.8 Å². The lowest BCUT2D eigenvalue weighted by molar-refractivity contribution is 0.249. The van der Waals surface area contributed by atoms with Crippen molar-refractivity contribution in [3.05, 3.63) is 64.3 Å². The van der Waals surface area contributed by atoms with Gasteiger partial charge in [-0.3, -0.25) is 9.38 Å². The number of aromatic nitrogens is 4. The van der Waals surface area contributed by atoms with Crippen LogP contribution >= 0.6 is 11.6 Å². The predicted octanol–water partition coefficient (Wildman–Crippen LogP) is 4.37. The molecule has 156 valence electrons. The van der Waals surface area contributed by atoms with Crippen molar-refractivity contribution < 1.29 is 13.9 Å². The number of hydrogen-bond donors (Lipinski definition) is 1. The van der Waals surface area contributed by atoms with Crippen LogP contribution in [0.15, 0.2) is 36.8 Å². The molecule has 7 nitrogen and oxygen atoms in total. The van der Waals surface area contributed by atoms with Crippen LogP contribution in [0.2, 0.25) is 5.02 Å². The van der Waals surface area contributed by atoms with E-state index in [1.807, 2.05) is 23.5 Å². The molecular formula is C22H17ClFN5O2. The molecule has 0 saturated carbocycles. The van der Waals surface area contributed by atoms with E-state index in [0.29, 0.717) is 46.8 Å². The quantitative estimate of drug-likeness (QED) is 0.476. The van der Waals surface area contributed by atoms with E-state index in [1.165, 1.54) is 6.07 Å². The van der Waals surface area contributed by atoms with Crippen molar-refractivity contribution in [2.75, 3.05) is 18.5 Å². The molecule has 0 bridgehead atoms. The van der Waals surface area contributed by atoms with Crippen LogP contribution in [0.1, 0.15) is 22.6 Å². The van der Waals surface area contributed by atoms with Crippen molar-refractivity contribution in [2.45, 2.75) is 19.4 Å². The van der Waals surface area contributed by atoms with Gasteiger partial charge in [0.15, 0.2) is 17.2 Å². The van der Waals surface area contributed by atoms with E-state index < -0.39 is 0 Å². The fraction of sp³-hybridized carbons (Fsp3) is 0.227. The van der Waals surface area contributed by atoms with Crippen LogP contribution in [-0.4, -0.2) is 32.8 Å². The van der Waals surface area contributed by atoms with Crippen molar-refractivity contribution in [3.63, 3.8) is 0 Å². The van der Waals surface area contributed by atoms with Gasteiger partial charge in [-0.25, -0.2) is 4.39 Å². The summed E-state index contributed by atoms with van der Waals surface area (Å²) in [6, 6.07) is 6.89. The normalized spacial score (nSPS) is 16.9. The largest absolute Gasteiger partial charge is 0.493 e. The minimum atomic E-state index is -0.261. The number of hydrogen-bond acceptors (Lipinski definition) is 6. The van der Waals surface area contributed by atoms with Crippen LogP contribution in [0, 0.1) is 12.7 Å². The van der Waals surface area contributed by atoms with E-state index in [9.17, 15) is 4.39 Å². The van der Waals surface area contributed by atoms with Crippen molar-refractivity contribution in [2.24, 2.45) is 0 Å². The third-order valence-electron chi connectivity index (χ3n) is 5.82. The minimum Gasteiger partial charge on any atom is -0.493 e.